The highest BCUT2D eigenvalue weighted by atomic mass is 16.6. The summed E-state index contributed by atoms with van der Waals surface area (Å²) in [5.74, 6) is -1.46. The first kappa shape index (κ1) is 18.0. The van der Waals surface area contributed by atoms with Crippen molar-refractivity contribution in [2.45, 2.75) is 13.0 Å². The van der Waals surface area contributed by atoms with Crippen LogP contribution in [0.1, 0.15) is 28.9 Å². The third-order valence-corrected chi connectivity index (χ3v) is 3.23. The molecule has 130 valence electrons. The van der Waals surface area contributed by atoms with Crippen LogP contribution in [0.4, 0.5) is 10.5 Å². The van der Waals surface area contributed by atoms with Crippen LogP contribution >= 0.6 is 0 Å². The van der Waals surface area contributed by atoms with Crippen molar-refractivity contribution in [1.82, 2.24) is 0 Å². The van der Waals surface area contributed by atoms with Crippen molar-refractivity contribution in [2.24, 2.45) is 5.73 Å². The second-order valence-corrected chi connectivity index (χ2v) is 5.02. The van der Waals surface area contributed by atoms with Gasteiger partial charge in [-0.3, -0.25) is 10.1 Å². The van der Waals surface area contributed by atoms with Gasteiger partial charge in [-0.1, -0.05) is 30.3 Å². The van der Waals surface area contributed by atoms with Gasteiger partial charge in [0, 0.05) is 11.3 Å². The Kier molecular flexibility index (Phi) is 6.11. The second kappa shape index (κ2) is 8.49. The number of nitrogens with one attached hydrogen (secondary N) is 1. The Hall–Kier alpha value is -3.35. The molecule has 0 aromatic heterocycles. The van der Waals surface area contributed by atoms with Gasteiger partial charge >= 0.3 is 12.1 Å². The molecule has 0 aliphatic carbocycles. The van der Waals surface area contributed by atoms with Crippen molar-refractivity contribution >= 4 is 23.7 Å². The zero-order chi connectivity index (χ0) is 18.2. The third-order valence-electron chi connectivity index (χ3n) is 3.23. The van der Waals surface area contributed by atoms with Crippen molar-refractivity contribution < 1.29 is 23.9 Å². The number of hydrogen-bond acceptors (Lipinski definition) is 5. The first-order valence-electron chi connectivity index (χ1n) is 7.60. The summed E-state index contributed by atoms with van der Waals surface area (Å²) in [4.78, 5) is 35.1. The van der Waals surface area contributed by atoms with E-state index in [0.29, 0.717) is 11.3 Å². The van der Waals surface area contributed by atoms with Crippen LogP contribution in [0.3, 0.4) is 0 Å². The molecule has 0 bridgehead atoms. The monoisotopic (exact) mass is 342 g/mol. The quantitative estimate of drug-likeness (QED) is 0.785. The summed E-state index contributed by atoms with van der Waals surface area (Å²) in [6.45, 7) is 1.95. The highest BCUT2D eigenvalue weighted by molar-refractivity contribution is 5.93. The van der Waals surface area contributed by atoms with E-state index in [4.69, 9.17) is 15.2 Å². The maximum Gasteiger partial charge on any atom is 0.411 e. The average molecular weight is 342 g/mol. The number of esters is 1. The second-order valence-electron chi connectivity index (χ2n) is 5.02. The van der Waals surface area contributed by atoms with Crippen LogP contribution < -0.4 is 11.1 Å². The molecule has 0 fully saturated rings. The van der Waals surface area contributed by atoms with Crippen LogP contribution in [0.2, 0.25) is 0 Å². The van der Waals surface area contributed by atoms with E-state index < -0.39 is 24.1 Å². The Morgan fingerprint density at radius 2 is 1.68 bits per heavy atom. The first-order chi connectivity index (χ1) is 12.0. The molecule has 25 heavy (non-hydrogen) atoms. The van der Waals surface area contributed by atoms with Crippen LogP contribution in [0, 0.1) is 0 Å². The Balaban J connectivity index is 2.06. The summed E-state index contributed by atoms with van der Waals surface area (Å²) in [5.41, 5.74) is 6.50. The predicted molar refractivity (Wildman–Crippen MR) is 90.9 cm³/mol. The average Bonchev–Trinajstić information content (AvgIpc) is 2.60. The van der Waals surface area contributed by atoms with Crippen molar-refractivity contribution in [2.75, 3.05) is 11.9 Å². The molecule has 7 nitrogen and oxygen atoms in total. The number of ether oxygens (including phenoxy) is 2. The molecule has 0 aliphatic rings. The molecular weight excluding hydrogens is 324 g/mol. The van der Waals surface area contributed by atoms with E-state index in [2.05, 4.69) is 5.32 Å². The molecule has 0 aliphatic heterocycles. The minimum Gasteiger partial charge on any atom is -0.450 e. The van der Waals surface area contributed by atoms with Crippen molar-refractivity contribution in [3.05, 3.63) is 65.7 Å². The molecule has 1 unspecified atom stereocenters. The van der Waals surface area contributed by atoms with Gasteiger partial charge in [-0.2, -0.15) is 0 Å². The fourth-order valence-electron chi connectivity index (χ4n) is 2.07. The zero-order valence-electron chi connectivity index (χ0n) is 13.6. The zero-order valence-corrected chi connectivity index (χ0v) is 13.6. The number of anilines is 1. The van der Waals surface area contributed by atoms with E-state index in [9.17, 15) is 14.4 Å². The lowest BCUT2D eigenvalue weighted by Gasteiger charge is -2.15. The minimum atomic E-state index is -1.17. The maximum atomic E-state index is 12.2. The normalized spacial score (nSPS) is 11.2. The summed E-state index contributed by atoms with van der Waals surface area (Å²) in [6.07, 6.45) is -1.76. The van der Waals surface area contributed by atoms with Crippen LogP contribution in [0.5, 0.6) is 0 Å². The molecule has 2 rings (SSSR count). The highest BCUT2D eigenvalue weighted by Crippen LogP contribution is 2.19. The third kappa shape index (κ3) is 5.07. The molecular formula is C18H18N2O5. The number of primary amides is 1. The van der Waals surface area contributed by atoms with Crippen LogP contribution in [-0.4, -0.2) is 24.6 Å². The van der Waals surface area contributed by atoms with E-state index in [1.807, 2.05) is 0 Å². The summed E-state index contributed by atoms with van der Waals surface area (Å²) in [6, 6.07) is 14.5. The molecule has 7 heteroatoms. The fraction of sp³-hybridized carbons (Fsp3) is 0.167. The van der Waals surface area contributed by atoms with Crippen molar-refractivity contribution in [3.8, 4) is 0 Å². The fourth-order valence-corrected chi connectivity index (χ4v) is 2.07. The number of carbonyl (C=O) groups excluding carboxylic acids is 3. The summed E-state index contributed by atoms with van der Waals surface area (Å²) < 4.78 is 9.98. The Bertz CT molecular complexity index is 744. The maximum absolute atomic E-state index is 12.2. The van der Waals surface area contributed by atoms with Gasteiger partial charge in [0.05, 0.1) is 12.2 Å². The van der Waals surface area contributed by atoms with Gasteiger partial charge in [0.2, 0.25) is 6.10 Å². The predicted octanol–water partition coefficient (Wildman–Crippen LogP) is 2.64. The van der Waals surface area contributed by atoms with E-state index in [1.165, 1.54) is 24.3 Å². The number of amides is 2. The molecule has 0 heterocycles. The Labute approximate surface area is 144 Å². The molecule has 0 saturated carbocycles. The Morgan fingerprint density at radius 3 is 2.24 bits per heavy atom. The highest BCUT2D eigenvalue weighted by Gasteiger charge is 2.23. The Morgan fingerprint density at radius 1 is 1.04 bits per heavy atom. The summed E-state index contributed by atoms with van der Waals surface area (Å²) in [5, 5.41) is 2.51. The molecule has 2 aromatic rings. The van der Waals surface area contributed by atoms with Gasteiger partial charge < -0.3 is 15.2 Å². The smallest absolute Gasteiger partial charge is 0.411 e. The summed E-state index contributed by atoms with van der Waals surface area (Å²) >= 11 is 0. The molecule has 2 amide bonds. The minimum absolute atomic E-state index is 0.219. The largest absolute Gasteiger partial charge is 0.450 e. The number of nitrogens with two attached hydrogens (primary N) is 1. The lowest BCUT2D eigenvalue weighted by Crippen LogP contribution is -2.26. The lowest BCUT2D eigenvalue weighted by atomic mass is 10.1. The van der Waals surface area contributed by atoms with Crippen LogP contribution in [0.25, 0.3) is 0 Å². The standard InChI is InChI=1S/C18H18N2O5/c1-2-24-18(23)20-14-10-8-13(9-11-14)17(22)25-15(16(19)21)12-6-4-3-5-7-12/h3-11,15H,2H2,1H3,(H2,19,21)(H,20,23). The lowest BCUT2D eigenvalue weighted by molar-refractivity contribution is -0.127. The van der Waals surface area contributed by atoms with Gasteiger partial charge in [0.15, 0.2) is 0 Å². The number of carbonyl (C=O) groups is 3. The molecule has 0 radical (unpaired) electrons. The van der Waals surface area contributed by atoms with E-state index >= 15 is 0 Å². The van der Waals surface area contributed by atoms with E-state index in [0.717, 1.165) is 0 Å². The first-order valence-corrected chi connectivity index (χ1v) is 7.60. The molecule has 0 spiro atoms. The molecule has 0 saturated heterocycles. The van der Waals surface area contributed by atoms with Gasteiger partial charge in [0.1, 0.15) is 0 Å². The van der Waals surface area contributed by atoms with Gasteiger partial charge in [-0.05, 0) is 31.2 Å². The van der Waals surface area contributed by atoms with Crippen LogP contribution in [-0.2, 0) is 14.3 Å². The number of hydrogen-bond donors (Lipinski definition) is 2. The van der Waals surface area contributed by atoms with Crippen molar-refractivity contribution in [3.63, 3.8) is 0 Å². The molecule has 3 N–H and O–H groups in total. The molecule has 1 atom stereocenters. The topological polar surface area (TPSA) is 108 Å². The van der Waals surface area contributed by atoms with Crippen molar-refractivity contribution in [1.29, 1.82) is 0 Å². The molecule has 2 aromatic carbocycles. The number of benzene rings is 2. The van der Waals surface area contributed by atoms with Crippen LogP contribution in [0.15, 0.2) is 54.6 Å². The van der Waals surface area contributed by atoms with Gasteiger partial charge in [0.25, 0.3) is 5.91 Å². The van der Waals surface area contributed by atoms with E-state index in [-0.39, 0.29) is 12.2 Å². The van der Waals surface area contributed by atoms with Gasteiger partial charge in [-0.25, -0.2) is 9.59 Å². The van der Waals surface area contributed by atoms with Gasteiger partial charge in [-0.15, -0.1) is 0 Å². The SMILES string of the molecule is CCOC(=O)Nc1ccc(C(=O)OC(C(N)=O)c2ccccc2)cc1. The number of rotatable bonds is 6. The summed E-state index contributed by atoms with van der Waals surface area (Å²) in [7, 11) is 0. The van der Waals surface area contributed by atoms with E-state index in [1.54, 1.807) is 37.3 Å².